The van der Waals surface area contributed by atoms with Gasteiger partial charge in [0.05, 0.1) is 0 Å². The first-order valence-corrected chi connectivity index (χ1v) is 7.15. The molecule has 106 valence electrons. The Hall–Kier alpha value is -0.950. The lowest BCUT2D eigenvalue weighted by Crippen LogP contribution is -2.71. The zero-order valence-corrected chi connectivity index (χ0v) is 12.3. The molecule has 0 aromatic rings. The summed E-state index contributed by atoms with van der Waals surface area (Å²) in [5, 5.41) is 10.7. The zero-order valence-electron chi connectivity index (χ0n) is 10.7. The minimum atomic E-state index is -1.02. The van der Waals surface area contributed by atoms with Gasteiger partial charge in [-0.15, -0.1) is 23.4 Å². The van der Waals surface area contributed by atoms with Crippen molar-refractivity contribution in [2.45, 2.75) is 48.4 Å². The van der Waals surface area contributed by atoms with Crippen LogP contribution in [0.15, 0.2) is 0 Å². The third kappa shape index (κ3) is 2.18. The van der Waals surface area contributed by atoms with Gasteiger partial charge in [-0.25, -0.2) is 4.79 Å². The van der Waals surface area contributed by atoms with Gasteiger partial charge in [-0.2, -0.15) is 0 Å². The van der Waals surface area contributed by atoms with Crippen LogP contribution in [0.5, 0.6) is 0 Å². The molecule has 2 N–H and O–H groups in total. The maximum atomic E-state index is 12.0. The highest BCUT2D eigenvalue weighted by Gasteiger charge is 2.64. The molecule has 0 saturated carbocycles. The predicted octanol–water partition coefficient (Wildman–Crippen LogP) is 0.245. The summed E-state index contributed by atoms with van der Waals surface area (Å²) < 4.78 is -0.585. The standard InChI is InChI=1S/C11H15ClN2O4S/c1-4(12)7(15)13-5-8(16)14-6(10(17)18)11(2,3)19-9(5)14/h4-6,9H,1-3H3,(H,13,15)(H,17,18)/t4?,5?,6-,9+/m0/s1. The highest BCUT2D eigenvalue weighted by molar-refractivity contribution is 8.01. The topological polar surface area (TPSA) is 86.7 Å². The number of aliphatic carboxylic acids is 1. The minimum Gasteiger partial charge on any atom is -0.480 e. The van der Waals surface area contributed by atoms with Gasteiger partial charge in [-0.05, 0) is 20.8 Å². The summed E-state index contributed by atoms with van der Waals surface area (Å²) in [7, 11) is 0. The van der Waals surface area contributed by atoms with E-state index in [1.807, 2.05) is 0 Å². The molecule has 19 heavy (non-hydrogen) atoms. The molecule has 0 bridgehead atoms. The predicted molar refractivity (Wildman–Crippen MR) is 71.0 cm³/mol. The van der Waals surface area contributed by atoms with Crippen LogP contribution < -0.4 is 5.32 Å². The van der Waals surface area contributed by atoms with E-state index < -0.39 is 34.1 Å². The fourth-order valence-electron chi connectivity index (χ4n) is 2.41. The highest BCUT2D eigenvalue weighted by Crippen LogP contribution is 2.50. The fraction of sp³-hybridized carbons (Fsp3) is 0.727. The van der Waals surface area contributed by atoms with Gasteiger partial charge < -0.3 is 15.3 Å². The van der Waals surface area contributed by atoms with E-state index in [-0.39, 0.29) is 11.3 Å². The number of nitrogens with one attached hydrogen (secondary N) is 1. The van der Waals surface area contributed by atoms with Crippen molar-refractivity contribution in [1.29, 1.82) is 0 Å². The van der Waals surface area contributed by atoms with Crippen molar-refractivity contribution in [3.8, 4) is 0 Å². The molecule has 2 aliphatic heterocycles. The number of alkyl halides is 1. The first-order chi connectivity index (χ1) is 8.66. The van der Waals surface area contributed by atoms with E-state index in [1.165, 1.54) is 23.6 Å². The van der Waals surface area contributed by atoms with E-state index >= 15 is 0 Å². The Morgan fingerprint density at radius 2 is 2.11 bits per heavy atom. The molecule has 2 aliphatic rings. The van der Waals surface area contributed by atoms with E-state index in [4.69, 9.17) is 11.6 Å². The Morgan fingerprint density at radius 1 is 1.53 bits per heavy atom. The lowest BCUT2D eigenvalue weighted by molar-refractivity contribution is -0.161. The number of carboxylic acids is 1. The molecular weight excluding hydrogens is 292 g/mol. The second-order valence-corrected chi connectivity index (χ2v) is 7.63. The van der Waals surface area contributed by atoms with Crippen LogP contribution in [0.4, 0.5) is 0 Å². The molecule has 2 rings (SSSR count). The first-order valence-electron chi connectivity index (χ1n) is 5.84. The number of carboxylic acid groups (broad SMARTS) is 1. The third-order valence-corrected chi connectivity index (χ3v) is 5.10. The quantitative estimate of drug-likeness (QED) is 0.576. The summed E-state index contributed by atoms with van der Waals surface area (Å²) in [6.45, 7) is 5.08. The SMILES string of the molecule is CC(Cl)C(=O)NC1C(=O)N2[C@@H]1SC(C)(C)[C@@H]2C(=O)O. The number of hydrogen-bond acceptors (Lipinski definition) is 4. The smallest absolute Gasteiger partial charge is 0.327 e. The van der Waals surface area contributed by atoms with Crippen molar-refractivity contribution in [2.75, 3.05) is 0 Å². The van der Waals surface area contributed by atoms with Gasteiger partial charge in [-0.1, -0.05) is 0 Å². The average Bonchev–Trinajstić information content (AvgIpc) is 2.54. The molecule has 2 amide bonds. The van der Waals surface area contributed by atoms with Gasteiger partial charge >= 0.3 is 5.97 Å². The van der Waals surface area contributed by atoms with Gasteiger partial charge in [0, 0.05) is 4.75 Å². The van der Waals surface area contributed by atoms with Crippen LogP contribution in [0.25, 0.3) is 0 Å². The van der Waals surface area contributed by atoms with E-state index in [1.54, 1.807) is 13.8 Å². The molecule has 4 atom stereocenters. The van der Waals surface area contributed by atoms with Crippen LogP contribution in [-0.4, -0.2) is 55.4 Å². The molecule has 0 aromatic carbocycles. The molecule has 2 fully saturated rings. The number of amides is 2. The van der Waals surface area contributed by atoms with Crippen LogP contribution in [0.2, 0.25) is 0 Å². The maximum Gasteiger partial charge on any atom is 0.327 e. The molecule has 8 heteroatoms. The number of thioether (sulfide) groups is 1. The maximum absolute atomic E-state index is 12.0. The Labute approximate surface area is 119 Å². The van der Waals surface area contributed by atoms with E-state index in [2.05, 4.69) is 5.32 Å². The lowest BCUT2D eigenvalue weighted by Gasteiger charge is -2.43. The molecule has 0 spiro atoms. The highest BCUT2D eigenvalue weighted by atomic mass is 35.5. The minimum absolute atomic E-state index is 0.331. The number of β-lactam (4-membered cyclic amide) rings is 1. The first kappa shape index (κ1) is 14.5. The van der Waals surface area contributed by atoms with Gasteiger partial charge in [0.15, 0.2) is 0 Å². The van der Waals surface area contributed by atoms with Crippen LogP contribution in [0, 0.1) is 0 Å². The molecule has 2 saturated heterocycles. The van der Waals surface area contributed by atoms with E-state index in [0.717, 1.165) is 0 Å². The van der Waals surface area contributed by atoms with Crippen molar-refractivity contribution >= 4 is 41.1 Å². The van der Waals surface area contributed by atoms with Crippen LogP contribution >= 0.6 is 23.4 Å². The molecule has 2 unspecified atom stereocenters. The molecule has 2 heterocycles. The van der Waals surface area contributed by atoms with Gasteiger partial charge in [-0.3, -0.25) is 9.59 Å². The Bertz CT molecular complexity index is 454. The second-order valence-electron chi connectivity index (χ2n) is 5.20. The van der Waals surface area contributed by atoms with Crippen molar-refractivity contribution < 1.29 is 19.5 Å². The van der Waals surface area contributed by atoms with E-state index in [0.29, 0.717) is 0 Å². The number of carbonyl (C=O) groups excluding carboxylic acids is 2. The number of hydrogen-bond donors (Lipinski definition) is 2. The summed E-state index contributed by atoms with van der Waals surface area (Å²) in [4.78, 5) is 36.1. The van der Waals surface area contributed by atoms with Gasteiger partial charge in [0.25, 0.3) is 0 Å². The Kier molecular flexibility index (Phi) is 3.47. The lowest BCUT2D eigenvalue weighted by atomic mass is 9.96. The largest absolute Gasteiger partial charge is 0.480 e. The van der Waals surface area contributed by atoms with Crippen LogP contribution in [0.1, 0.15) is 20.8 Å². The normalized spacial score (nSPS) is 33.4. The van der Waals surface area contributed by atoms with Crippen molar-refractivity contribution in [3.63, 3.8) is 0 Å². The zero-order chi connectivity index (χ0) is 14.5. The number of fused-ring (bicyclic) bond motifs is 1. The molecule has 6 nitrogen and oxygen atoms in total. The molecular formula is C11H15ClN2O4S. The van der Waals surface area contributed by atoms with Gasteiger partial charge in [0.1, 0.15) is 22.8 Å². The fourth-order valence-corrected chi connectivity index (χ4v) is 4.10. The van der Waals surface area contributed by atoms with Crippen molar-refractivity contribution in [1.82, 2.24) is 10.2 Å². The van der Waals surface area contributed by atoms with Crippen LogP contribution in [-0.2, 0) is 14.4 Å². The average molecular weight is 307 g/mol. The number of halogens is 1. The Balaban J connectivity index is 2.15. The van der Waals surface area contributed by atoms with Crippen molar-refractivity contribution in [3.05, 3.63) is 0 Å². The summed E-state index contributed by atoms with van der Waals surface area (Å²) in [6.07, 6.45) is 0. The number of rotatable bonds is 3. The monoisotopic (exact) mass is 306 g/mol. The Morgan fingerprint density at radius 3 is 2.58 bits per heavy atom. The third-order valence-electron chi connectivity index (χ3n) is 3.33. The number of nitrogens with zero attached hydrogens (tertiary/aromatic N) is 1. The van der Waals surface area contributed by atoms with Crippen LogP contribution in [0.3, 0.4) is 0 Å². The van der Waals surface area contributed by atoms with Crippen molar-refractivity contribution in [2.24, 2.45) is 0 Å². The molecule has 0 aliphatic carbocycles. The van der Waals surface area contributed by atoms with Gasteiger partial charge in [0.2, 0.25) is 11.8 Å². The summed E-state index contributed by atoms with van der Waals surface area (Å²) >= 11 is 7.03. The summed E-state index contributed by atoms with van der Waals surface area (Å²) in [6, 6.07) is -1.54. The molecule has 0 aromatic heterocycles. The number of carbonyl (C=O) groups is 3. The summed E-state index contributed by atoms with van der Waals surface area (Å²) in [5.41, 5.74) is 0. The molecule has 0 radical (unpaired) electrons. The van der Waals surface area contributed by atoms with E-state index in [9.17, 15) is 19.5 Å². The second kappa shape index (κ2) is 4.56. The summed E-state index contributed by atoms with van der Waals surface area (Å²) in [5.74, 6) is -1.80.